The number of ether oxygens (including phenoxy) is 1. The van der Waals surface area contributed by atoms with Crippen LogP contribution in [-0.4, -0.2) is 40.4 Å². The SMILES string of the molecule is CCCCCC(C)NC(=NCc1ccc(OC)cc1)NCCn1cnnc1CC. The first kappa shape index (κ1) is 22.7. The quantitative estimate of drug-likeness (QED) is 0.324. The zero-order chi connectivity index (χ0) is 20.9. The highest BCUT2D eigenvalue weighted by Crippen LogP contribution is 2.12. The number of unbranched alkanes of at least 4 members (excludes halogenated alkanes) is 2. The third-order valence-corrected chi connectivity index (χ3v) is 4.86. The van der Waals surface area contributed by atoms with Crippen LogP contribution in [0.2, 0.25) is 0 Å². The van der Waals surface area contributed by atoms with Crippen LogP contribution in [0.5, 0.6) is 5.75 Å². The van der Waals surface area contributed by atoms with Crippen molar-refractivity contribution in [3.05, 3.63) is 42.0 Å². The molecule has 2 N–H and O–H groups in total. The lowest BCUT2D eigenvalue weighted by Gasteiger charge is -2.19. The van der Waals surface area contributed by atoms with Crippen molar-refractivity contribution in [3.63, 3.8) is 0 Å². The molecule has 0 fully saturated rings. The van der Waals surface area contributed by atoms with Crippen molar-refractivity contribution in [2.75, 3.05) is 13.7 Å². The highest BCUT2D eigenvalue weighted by Gasteiger charge is 2.07. The third kappa shape index (κ3) is 8.13. The Labute approximate surface area is 175 Å². The predicted molar refractivity (Wildman–Crippen MR) is 118 cm³/mol. The van der Waals surface area contributed by atoms with Crippen LogP contribution in [-0.2, 0) is 19.5 Å². The number of aliphatic imine (C=N–C) groups is 1. The fourth-order valence-corrected chi connectivity index (χ4v) is 3.09. The number of nitrogens with zero attached hydrogens (tertiary/aromatic N) is 4. The molecule has 7 nitrogen and oxygen atoms in total. The number of nitrogens with one attached hydrogen (secondary N) is 2. The van der Waals surface area contributed by atoms with Crippen LogP contribution < -0.4 is 15.4 Å². The average Bonchev–Trinajstić information content (AvgIpc) is 3.20. The second kappa shape index (κ2) is 12.8. The second-order valence-corrected chi connectivity index (χ2v) is 7.27. The molecule has 0 aliphatic carbocycles. The fraction of sp³-hybridized carbons (Fsp3) is 0.591. The maximum absolute atomic E-state index is 5.23. The van der Waals surface area contributed by atoms with Crippen LogP contribution in [0.3, 0.4) is 0 Å². The summed E-state index contributed by atoms with van der Waals surface area (Å²) >= 11 is 0. The van der Waals surface area contributed by atoms with Gasteiger partial charge >= 0.3 is 0 Å². The average molecular weight is 401 g/mol. The van der Waals surface area contributed by atoms with Gasteiger partial charge in [-0.15, -0.1) is 10.2 Å². The molecular weight excluding hydrogens is 364 g/mol. The van der Waals surface area contributed by atoms with Gasteiger partial charge in [-0.2, -0.15) is 0 Å². The van der Waals surface area contributed by atoms with Gasteiger partial charge < -0.3 is 19.9 Å². The molecule has 0 aliphatic heterocycles. The van der Waals surface area contributed by atoms with E-state index in [4.69, 9.17) is 9.73 Å². The zero-order valence-electron chi connectivity index (χ0n) is 18.3. The van der Waals surface area contributed by atoms with Crippen molar-refractivity contribution in [2.45, 2.75) is 72.0 Å². The number of aryl methyl sites for hydroxylation is 1. The minimum atomic E-state index is 0.379. The largest absolute Gasteiger partial charge is 0.497 e. The lowest BCUT2D eigenvalue weighted by molar-refractivity contribution is 0.414. The molecule has 2 rings (SSSR count). The van der Waals surface area contributed by atoms with Gasteiger partial charge in [0.05, 0.1) is 13.7 Å². The molecule has 1 heterocycles. The molecule has 1 unspecified atom stereocenters. The van der Waals surface area contributed by atoms with E-state index in [9.17, 15) is 0 Å². The molecule has 1 atom stereocenters. The van der Waals surface area contributed by atoms with Crippen molar-refractivity contribution < 1.29 is 4.74 Å². The number of benzene rings is 1. The molecule has 0 saturated carbocycles. The molecule has 160 valence electrons. The standard InChI is InChI=1S/C22H36N6O/c1-5-7-8-9-18(3)26-22(23-14-15-28-17-25-27-21(28)6-2)24-16-19-10-12-20(29-4)13-11-19/h10-13,17-18H,5-9,14-16H2,1-4H3,(H2,23,24,26). The van der Waals surface area contributed by atoms with Crippen molar-refractivity contribution >= 4 is 5.96 Å². The smallest absolute Gasteiger partial charge is 0.191 e. The van der Waals surface area contributed by atoms with Gasteiger partial charge in [0.2, 0.25) is 0 Å². The van der Waals surface area contributed by atoms with E-state index < -0.39 is 0 Å². The van der Waals surface area contributed by atoms with E-state index in [2.05, 4.69) is 58.3 Å². The van der Waals surface area contributed by atoms with Gasteiger partial charge in [0.25, 0.3) is 0 Å². The fourth-order valence-electron chi connectivity index (χ4n) is 3.09. The first-order chi connectivity index (χ1) is 14.2. The van der Waals surface area contributed by atoms with Crippen LogP contribution in [0.25, 0.3) is 0 Å². The number of hydrogen-bond donors (Lipinski definition) is 2. The molecule has 0 aliphatic rings. The summed E-state index contributed by atoms with van der Waals surface area (Å²) in [6, 6.07) is 8.42. The lowest BCUT2D eigenvalue weighted by Crippen LogP contribution is -2.43. The van der Waals surface area contributed by atoms with Crippen LogP contribution >= 0.6 is 0 Å². The number of aromatic nitrogens is 3. The Morgan fingerprint density at radius 2 is 2.00 bits per heavy atom. The van der Waals surface area contributed by atoms with Gasteiger partial charge in [-0.3, -0.25) is 0 Å². The van der Waals surface area contributed by atoms with Crippen molar-refractivity contribution in [2.24, 2.45) is 4.99 Å². The van der Waals surface area contributed by atoms with Crippen molar-refractivity contribution in [1.29, 1.82) is 0 Å². The van der Waals surface area contributed by atoms with Gasteiger partial charge in [-0.05, 0) is 31.0 Å². The molecule has 0 radical (unpaired) electrons. The van der Waals surface area contributed by atoms with Crippen LogP contribution in [0, 0.1) is 0 Å². The van der Waals surface area contributed by atoms with E-state index in [-0.39, 0.29) is 0 Å². The maximum Gasteiger partial charge on any atom is 0.191 e. The molecule has 0 spiro atoms. The Kier molecular flexibility index (Phi) is 10.0. The van der Waals surface area contributed by atoms with Crippen LogP contribution in [0.4, 0.5) is 0 Å². The van der Waals surface area contributed by atoms with Gasteiger partial charge in [0, 0.05) is 25.6 Å². The van der Waals surface area contributed by atoms with Crippen LogP contribution in [0.1, 0.15) is 57.8 Å². The Balaban J connectivity index is 1.95. The van der Waals surface area contributed by atoms with E-state index in [1.54, 1.807) is 13.4 Å². The summed E-state index contributed by atoms with van der Waals surface area (Å²) in [5, 5.41) is 15.2. The molecule has 2 aromatic rings. The highest BCUT2D eigenvalue weighted by molar-refractivity contribution is 5.80. The predicted octanol–water partition coefficient (Wildman–Crippen LogP) is 3.55. The van der Waals surface area contributed by atoms with Gasteiger partial charge in [-0.25, -0.2) is 4.99 Å². The second-order valence-electron chi connectivity index (χ2n) is 7.27. The molecular formula is C22H36N6O. The summed E-state index contributed by atoms with van der Waals surface area (Å²) in [6.07, 6.45) is 7.55. The summed E-state index contributed by atoms with van der Waals surface area (Å²) in [7, 11) is 1.68. The first-order valence-electron chi connectivity index (χ1n) is 10.7. The Hall–Kier alpha value is -2.57. The summed E-state index contributed by atoms with van der Waals surface area (Å²) in [5.41, 5.74) is 1.15. The maximum atomic E-state index is 5.23. The molecule has 1 aromatic heterocycles. The van der Waals surface area contributed by atoms with E-state index in [0.717, 1.165) is 49.0 Å². The topological polar surface area (TPSA) is 76.4 Å². The van der Waals surface area contributed by atoms with E-state index >= 15 is 0 Å². The van der Waals surface area contributed by atoms with E-state index in [1.165, 1.54) is 19.3 Å². The normalized spacial score (nSPS) is 12.6. The molecule has 0 bridgehead atoms. The number of hydrogen-bond acceptors (Lipinski definition) is 4. The van der Waals surface area contributed by atoms with Crippen molar-refractivity contribution in [1.82, 2.24) is 25.4 Å². The van der Waals surface area contributed by atoms with E-state index in [0.29, 0.717) is 12.6 Å². The number of guanidine groups is 1. The van der Waals surface area contributed by atoms with Crippen molar-refractivity contribution in [3.8, 4) is 5.75 Å². The summed E-state index contributed by atoms with van der Waals surface area (Å²) < 4.78 is 7.31. The zero-order valence-corrected chi connectivity index (χ0v) is 18.3. The molecule has 0 amide bonds. The molecule has 7 heteroatoms. The first-order valence-corrected chi connectivity index (χ1v) is 10.7. The van der Waals surface area contributed by atoms with Crippen LogP contribution in [0.15, 0.2) is 35.6 Å². The van der Waals surface area contributed by atoms with Gasteiger partial charge in [0.1, 0.15) is 17.9 Å². The van der Waals surface area contributed by atoms with Gasteiger partial charge in [0.15, 0.2) is 5.96 Å². The molecule has 1 aromatic carbocycles. The summed E-state index contributed by atoms with van der Waals surface area (Å²) in [4.78, 5) is 4.79. The van der Waals surface area contributed by atoms with E-state index in [1.807, 2.05) is 12.1 Å². The monoisotopic (exact) mass is 400 g/mol. The number of methoxy groups -OCH3 is 1. The Morgan fingerprint density at radius 1 is 1.21 bits per heavy atom. The lowest BCUT2D eigenvalue weighted by atomic mass is 10.1. The Morgan fingerprint density at radius 3 is 2.69 bits per heavy atom. The molecule has 29 heavy (non-hydrogen) atoms. The highest BCUT2D eigenvalue weighted by atomic mass is 16.5. The number of rotatable bonds is 12. The Bertz CT molecular complexity index is 725. The molecule has 0 saturated heterocycles. The van der Waals surface area contributed by atoms with Gasteiger partial charge in [-0.1, -0.05) is 45.2 Å². The summed E-state index contributed by atoms with van der Waals surface area (Å²) in [5.74, 6) is 2.71. The third-order valence-electron chi connectivity index (χ3n) is 4.86. The minimum Gasteiger partial charge on any atom is -0.497 e. The summed E-state index contributed by atoms with van der Waals surface area (Å²) in [6.45, 7) is 8.74. The minimum absolute atomic E-state index is 0.379.